The van der Waals surface area contributed by atoms with Gasteiger partial charge in [-0.2, -0.15) is 0 Å². The fourth-order valence-corrected chi connectivity index (χ4v) is 3.15. The summed E-state index contributed by atoms with van der Waals surface area (Å²) in [7, 11) is 1.50. The van der Waals surface area contributed by atoms with E-state index in [4.69, 9.17) is 4.74 Å². The molecule has 0 radical (unpaired) electrons. The van der Waals surface area contributed by atoms with Crippen LogP contribution in [-0.4, -0.2) is 25.2 Å². The molecule has 2 aliphatic carbocycles. The third kappa shape index (κ3) is 2.97. The van der Waals surface area contributed by atoms with Crippen molar-refractivity contribution in [1.29, 1.82) is 0 Å². The fraction of sp³-hybridized carbons (Fsp3) is 0.923. The zero-order chi connectivity index (χ0) is 11.4. The Bertz CT molecular complexity index is 236. The number of hydrogen-bond donors (Lipinski definition) is 1. The monoisotopic (exact) mass is 225 g/mol. The van der Waals surface area contributed by atoms with Gasteiger partial charge in [-0.1, -0.05) is 19.3 Å². The standard InChI is InChI=1S/C13H23NO2/c1-16-13(15)10-5-4-8-12(9-10)14-11-6-2-3-7-11/h10-12,14H,2-9H2,1H3. The topological polar surface area (TPSA) is 38.3 Å². The summed E-state index contributed by atoms with van der Waals surface area (Å²) < 4.78 is 4.84. The highest BCUT2D eigenvalue weighted by molar-refractivity contribution is 5.72. The number of rotatable bonds is 3. The van der Waals surface area contributed by atoms with E-state index in [1.807, 2.05) is 0 Å². The summed E-state index contributed by atoms with van der Waals surface area (Å²) in [5.74, 6) is 0.121. The van der Waals surface area contributed by atoms with Gasteiger partial charge in [0.2, 0.25) is 0 Å². The third-order valence-corrected chi connectivity index (χ3v) is 4.04. The van der Waals surface area contributed by atoms with Crippen molar-refractivity contribution in [2.45, 2.75) is 63.5 Å². The lowest BCUT2D eigenvalue weighted by molar-refractivity contribution is -0.146. The Balaban J connectivity index is 1.79. The summed E-state index contributed by atoms with van der Waals surface area (Å²) in [6, 6.07) is 1.25. The van der Waals surface area contributed by atoms with E-state index in [-0.39, 0.29) is 11.9 Å². The maximum Gasteiger partial charge on any atom is 0.308 e. The SMILES string of the molecule is COC(=O)C1CCCC(NC2CCCC2)C1. The van der Waals surface area contributed by atoms with Gasteiger partial charge in [-0.3, -0.25) is 4.79 Å². The van der Waals surface area contributed by atoms with Crippen LogP contribution in [0.15, 0.2) is 0 Å². The molecule has 0 amide bonds. The fourth-order valence-electron chi connectivity index (χ4n) is 3.15. The molecule has 0 heterocycles. The first kappa shape index (κ1) is 11.9. The molecular formula is C13H23NO2. The molecule has 2 atom stereocenters. The first-order valence-corrected chi connectivity index (χ1v) is 6.63. The molecule has 2 unspecified atom stereocenters. The van der Waals surface area contributed by atoms with Crippen molar-refractivity contribution in [2.24, 2.45) is 5.92 Å². The van der Waals surface area contributed by atoms with E-state index in [0.29, 0.717) is 12.1 Å². The molecule has 2 aliphatic rings. The second-order valence-electron chi connectivity index (χ2n) is 5.23. The molecule has 0 aliphatic heterocycles. The van der Waals surface area contributed by atoms with Gasteiger partial charge in [0.1, 0.15) is 0 Å². The van der Waals surface area contributed by atoms with Crippen molar-refractivity contribution < 1.29 is 9.53 Å². The molecule has 3 heteroatoms. The van der Waals surface area contributed by atoms with Crippen LogP contribution in [0.4, 0.5) is 0 Å². The first-order valence-electron chi connectivity index (χ1n) is 6.63. The normalized spacial score (nSPS) is 31.6. The van der Waals surface area contributed by atoms with Gasteiger partial charge in [-0.05, 0) is 32.1 Å². The number of nitrogens with one attached hydrogen (secondary N) is 1. The molecule has 2 fully saturated rings. The molecule has 2 rings (SSSR count). The summed E-state index contributed by atoms with van der Waals surface area (Å²) in [6.45, 7) is 0. The van der Waals surface area contributed by atoms with Crippen LogP contribution in [0.3, 0.4) is 0 Å². The number of carbonyl (C=O) groups is 1. The van der Waals surface area contributed by atoms with Crippen molar-refractivity contribution in [2.75, 3.05) is 7.11 Å². The Hall–Kier alpha value is -0.570. The zero-order valence-corrected chi connectivity index (χ0v) is 10.2. The lowest BCUT2D eigenvalue weighted by atomic mass is 9.85. The van der Waals surface area contributed by atoms with Gasteiger partial charge in [-0.25, -0.2) is 0 Å². The smallest absolute Gasteiger partial charge is 0.308 e. The molecule has 16 heavy (non-hydrogen) atoms. The molecule has 0 bridgehead atoms. The second kappa shape index (κ2) is 5.67. The van der Waals surface area contributed by atoms with E-state index in [0.717, 1.165) is 19.3 Å². The van der Waals surface area contributed by atoms with E-state index in [9.17, 15) is 4.79 Å². The van der Waals surface area contributed by atoms with E-state index < -0.39 is 0 Å². The molecule has 92 valence electrons. The summed E-state index contributed by atoms with van der Waals surface area (Å²) in [4.78, 5) is 11.5. The van der Waals surface area contributed by atoms with Crippen LogP contribution in [0.1, 0.15) is 51.4 Å². The Morgan fingerprint density at radius 2 is 1.75 bits per heavy atom. The van der Waals surface area contributed by atoms with Crippen LogP contribution in [0.25, 0.3) is 0 Å². The average Bonchev–Trinajstić information content (AvgIpc) is 2.81. The Kier molecular flexibility index (Phi) is 4.22. The molecule has 0 saturated heterocycles. The van der Waals surface area contributed by atoms with Crippen LogP contribution in [0.5, 0.6) is 0 Å². The highest BCUT2D eigenvalue weighted by Gasteiger charge is 2.29. The predicted octanol–water partition coefficient (Wildman–Crippen LogP) is 2.25. The molecule has 3 nitrogen and oxygen atoms in total. The molecule has 0 aromatic carbocycles. The summed E-state index contributed by atoms with van der Waals surface area (Å²) in [5, 5.41) is 3.72. The minimum absolute atomic E-state index is 0.0158. The lowest BCUT2D eigenvalue weighted by Crippen LogP contribution is -2.41. The zero-order valence-electron chi connectivity index (χ0n) is 10.2. The first-order chi connectivity index (χ1) is 7.79. The van der Waals surface area contributed by atoms with E-state index in [1.165, 1.54) is 39.2 Å². The van der Waals surface area contributed by atoms with Gasteiger partial charge in [0.15, 0.2) is 0 Å². The highest BCUT2D eigenvalue weighted by atomic mass is 16.5. The number of methoxy groups -OCH3 is 1. The quantitative estimate of drug-likeness (QED) is 0.749. The minimum atomic E-state index is -0.0158. The van der Waals surface area contributed by atoms with E-state index >= 15 is 0 Å². The molecule has 0 aromatic rings. The molecular weight excluding hydrogens is 202 g/mol. The number of carbonyl (C=O) groups excluding carboxylic acids is 1. The molecule has 1 N–H and O–H groups in total. The Labute approximate surface area is 97.9 Å². The van der Waals surface area contributed by atoms with Crippen molar-refractivity contribution in [3.8, 4) is 0 Å². The number of ether oxygens (including phenoxy) is 1. The van der Waals surface area contributed by atoms with Gasteiger partial charge in [-0.15, -0.1) is 0 Å². The summed E-state index contributed by atoms with van der Waals surface area (Å²) >= 11 is 0. The van der Waals surface area contributed by atoms with Gasteiger partial charge in [0.05, 0.1) is 13.0 Å². The maximum absolute atomic E-state index is 11.5. The van der Waals surface area contributed by atoms with E-state index in [2.05, 4.69) is 5.32 Å². The largest absolute Gasteiger partial charge is 0.469 e. The van der Waals surface area contributed by atoms with Gasteiger partial charge < -0.3 is 10.1 Å². The maximum atomic E-state index is 11.5. The predicted molar refractivity (Wildman–Crippen MR) is 63.2 cm³/mol. The van der Waals surface area contributed by atoms with Crippen LogP contribution in [-0.2, 0) is 9.53 Å². The summed E-state index contributed by atoms with van der Waals surface area (Å²) in [5.41, 5.74) is 0. The minimum Gasteiger partial charge on any atom is -0.469 e. The van der Waals surface area contributed by atoms with Crippen LogP contribution in [0, 0.1) is 5.92 Å². The molecule has 0 spiro atoms. The lowest BCUT2D eigenvalue weighted by Gasteiger charge is -2.30. The summed E-state index contributed by atoms with van der Waals surface area (Å²) in [6.07, 6.45) is 9.74. The van der Waals surface area contributed by atoms with Crippen LogP contribution < -0.4 is 5.32 Å². The second-order valence-corrected chi connectivity index (χ2v) is 5.23. The van der Waals surface area contributed by atoms with Crippen molar-refractivity contribution >= 4 is 5.97 Å². The third-order valence-electron chi connectivity index (χ3n) is 4.04. The highest BCUT2D eigenvalue weighted by Crippen LogP contribution is 2.27. The van der Waals surface area contributed by atoms with E-state index in [1.54, 1.807) is 0 Å². The van der Waals surface area contributed by atoms with Crippen LogP contribution in [0.2, 0.25) is 0 Å². The van der Waals surface area contributed by atoms with Crippen LogP contribution >= 0.6 is 0 Å². The molecule has 0 aromatic heterocycles. The van der Waals surface area contributed by atoms with Gasteiger partial charge in [0, 0.05) is 12.1 Å². The Morgan fingerprint density at radius 3 is 2.44 bits per heavy atom. The molecule has 2 saturated carbocycles. The Morgan fingerprint density at radius 1 is 1.06 bits per heavy atom. The average molecular weight is 225 g/mol. The van der Waals surface area contributed by atoms with Crippen molar-refractivity contribution in [3.05, 3.63) is 0 Å². The van der Waals surface area contributed by atoms with Gasteiger partial charge in [0.25, 0.3) is 0 Å². The van der Waals surface area contributed by atoms with Crippen molar-refractivity contribution in [3.63, 3.8) is 0 Å². The van der Waals surface area contributed by atoms with Crippen molar-refractivity contribution in [1.82, 2.24) is 5.32 Å². The number of esters is 1. The van der Waals surface area contributed by atoms with Gasteiger partial charge >= 0.3 is 5.97 Å². The number of hydrogen-bond acceptors (Lipinski definition) is 3.